The summed E-state index contributed by atoms with van der Waals surface area (Å²) in [6.07, 6.45) is 9.41. The summed E-state index contributed by atoms with van der Waals surface area (Å²) in [6, 6.07) is 0. The van der Waals surface area contributed by atoms with Gasteiger partial charge in [-0.3, -0.25) is 0 Å². The van der Waals surface area contributed by atoms with E-state index in [4.69, 9.17) is 0 Å². The highest BCUT2D eigenvalue weighted by Crippen LogP contribution is 2.78. The third-order valence-corrected chi connectivity index (χ3v) is 3.73. The molecule has 0 nitrogen and oxygen atoms in total. The van der Waals surface area contributed by atoms with Gasteiger partial charge in [-0.15, -0.1) is 0 Å². The summed E-state index contributed by atoms with van der Waals surface area (Å²) in [5.41, 5.74) is 3.93. The van der Waals surface area contributed by atoms with Gasteiger partial charge in [-0.2, -0.15) is 0 Å². The van der Waals surface area contributed by atoms with E-state index in [0.717, 1.165) is 0 Å². The molecule has 3 aliphatic rings. The van der Waals surface area contributed by atoms with Crippen LogP contribution >= 0.6 is 0 Å². The molecule has 2 atom stereocenters. The molecule has 0 aliphatic heterocycles. The fourth-order valence-electron chi connectivity index (χ4n) is 3.02. The standard InChI is InChI=1S/C11H12/c1-8-6-10(2)7-11(10)5-3-4-9(8)11/h3-5H,1,6-7H2,2H3/t10-,11-/m1/s1. The van der Waals surface area contributed by atoms with E-state index in [1.165, 1.54) is 24.0 Å². The molecular formula is C11H12. The lowest BCUT2D eigenvalue weighted by Gasteiger charge is -2.06. The summed E-state index contributed by atoms with van der Waals surface area (Å²) in [5.74, 6) is 0. The SMILES string of the molecule is C=C1C[C@]2(C)C[C@@]23C=CC=C13. The Balaban J connectivity index is 2.23. The molecule has 11 heavy (non-hydrogen) atoms. The van der Waals surface area contributed by atoms with E-state index < -0.39 is 0 Å². The minimum Gasteiger partial charge on any atom is -0.0955 e. The van der Waals surface area contributed by atoms with Crippen LogP contribution in [0.4, 0.5) is 0 Å². The van der Waals surface area contributed by atoms with Crippen molar-refractivity contribution < 1.29 is 0 Å². The second kappa shape index (κ2) is 1.26. The third-order valence-electron chi connectivity index (χ3n) is 3.73. The highest BCUT2D eigenvalue weighted by atomic mass is 14.7. The lowest BCUT2D eigenvalue weighted by atomic mass is 9.97. The molecule has 3 aliphatic carbocycles. The van der Waals surface area contributed by atoms with E-state index in [1.807, 2.05) is 0 Å². The van der Waals surface area contributed by atoms with E-state index >= 15 is 0 Å². The molecule has 2 saturated carbocycles. The second-order valence-electron chi connectivity index (χ2n) is 4.43. The minimum atomic E-state index is 0.462. The van der Waals surface area contributed by atoms with Crippen LogP contribution in [0.15, 0.2) is 36.0 Å². The molecule has 0 amide bonds. The van der Waals surface area contributed by atoms with E-state index in [9.17, 15) is 0 Å². The first-order chi connectivity index (χ1) is 5.18. The molecule has 0 radical (unpaired) electrons. The molecule has 2 fully saturated rings. The van der Waals surface area contributed by atoms with Crippen LogP contribution in [-0.4, -0.2) is 0 Å². The number of hydrogen-bond donors (Lipinski definition) is 0. The maximum Gasteiger partial charge on any atom is 0.0200 e. The van der Waals surface area contributed by atoms with E-state index in [1.54, 1.807) is 0 Å². The molecule has 0 bridgehead atoms. The molecule has 0 N–H and O–H groups in total. The Morgan fingerprint density at radius 2 is 2.36 bits per heavy atom. The van der Waals surface area contributed by atoms with Crippen LogP contribution < -0.4 is 0 Å². The van der Waals surface area contributed by atoms with Crippen LogP contribution in [0.5, 0.6) is 0 Å². The van der Waals surface area contributed by atoms with Crippen molar-refractivity contribution in [1.29, 1.82) is 0 Å². The maximum atomic E-state index is 4.11. The van der Waals surface area contributed by atoms with Gasteiger partial charge in [0.2, 0.25) is 0 Å². The van der Waals surface area contributed by atoms with Gasteiger partial charge >= 0.3 is 0 Å². The van der Waals surface area contributed by atoms with Crippen molar-refractivity contribution >= 4 is 0 Å². The summed E-state index contributed by atoms with van der Waals surface area (Å²) in [4.78, 5) is 0. The smallest absolute Gasteiger partial charge is 0.0200 e. The van der Waals surface area contributed by atoms with Crippen molar-refractivity contribution in [2.24, 2.45) is 10.8 Å². The van der Waals surface area contributed by atoms with Crippen molar-refractivity contribution in [2.75, 3.05) is 0 Å². The third kappa shape index (κ3) is 0.410. The largest absolute Gasteiger partial charge is 0.0955 e. The van der Waals surface area contributed by atoms with Gasteiger partial charge in [-0.25, -0.2) is 0 Å². The molecule has 0 unspecified atom stereocenters. The summed E-state index contributed by atoms with van der Waals surface area (Å²) in [5, 5.41) is 0. The second-order valence-corrected chi connectivity index (χ2v) is 4.43. The molecule has 0 saturated heterocycles. The summed E-state index contributed by atoms with van der Waals surface area (Å²) >= 11 is 0. The normalized spacial score (nSPS) is 50.6. The first kappa shape index (κ1) is 5.82. The van der Waals surface area contributed by atoms with Gasteiger partial charge in [-0.05, 0) is 23.8 Å². The molecule has 56 valence electrons. The molecule has 0 aromatic heterocycles. The molecule has 0 aromatic rings. The predicted octanol–water partition coefficient (Wildman–Crippen LogP) is 2.84. The number of allylic oxidation sites excluding steroid dienone is 5. The first-order valence-electron chi connectivity index (χ1n) is 4.26. The first-order valence-corrected chi connectivity index (χ1v) is 4.26. The molecule has 3 rings (SSSR count). The summed E-state index contributed by atoms with van der Waals surface area (Å²) in [6.45, 7) is 6.49. The van der Waals surface area contributed by atoms with Crippen LogP contribution in [0.3, 0.4) is 0 Å². The van der Waals surface area contributed by atoms with Gasteiger partial charge in [0.1, 0.15) is 0 Å². The van der Waals surface area contributed by atoms with Gasteiger partial charge in [0.05, 0.1) is 0 Å². The van der Waals surface area contributed by atoms with Crippen LogP contribution in [0.1, 0.15) is 19.8 Å². The lowest BCUT2D eigenvalue weighted by Crippen LogP contribution is -1.98. The quantitative estimate of drug-likeness (QED) is 0.490. The Hall–Kier alpha value is -0.780. The monoisotopic (exact) mass is 144 g/mol. The zero-order valence-corrected chi connectivity index (χ0v) is 6.85. The van der Waals surface area contributed by atoms with E-state index in [0.29, 0.717) is 10.8 Å². The Morgan fingerprint density at radius 1 is 1.55 bits per heavy atom. The van der Waals surface area contributed by atoms with Gasteiger partial charge in [-0.1, -0.05) is 37.3 Å². The summed E-state index contributed by atoms with van der Waals surface area (Å²) < 4.78 is 0. The van der Waals surface area contributed by atoms with Gasteiger partial charge in [0.25, 0.3) is 0 Å². The highest BCUT2D eigenvalue weighted by Gasteiger charge is 2.69. The van der Waals surface area contributed by atoms with Crippen LogP contribution in [-0.2, 0) is 0 Å². The summed E-state index contributed by atoms with van der Waals surface area (Å²) in [7, 11) is 0. The highest BCUT2D eigenvalue weighted by molar-refractivity contribution is 5.59. The molecule has 1 spiro atoms. The average molecular weight is 144 g/mol. The van der Waals surface area contributed by atoms with Crippen molar-refractivity contribution in [3.8, 4) is 0 Å². The van der Waals surface area contributed by atoms with E-state index in [-0.39, 0.29) is 0 Å². The van der Waals surface area contributed by atoms with Crippen molar-refractivity contribution in [3.63, 3.8) is 0 Å². The Bertz CT molecular complexity index is 319. The zero-order valence-electron chi connectivity index (χ0n) is 6.85. The fourth-order valence-corrected chi connectivity index (χ4v) is 3.02. The topological polar surface area (TPSA) is 0 Å². The Kier molecular flexibility index (Phi) is 0.667. The van der Waals surface area contributed by atoms with Gasteiger partial charge in [0, 0.05) is 5.41 Å². The number of rotatable bonds is 0. The van der Waals surface area contributed by atoms with E-state index in [2.05, 4.69) is 31.7 Å². The van der Waals surface area contributed by atoms with Crippen LogP contribution in [0, 0.1) is 10.8 Å². The van der Waals surface area contributed by atoms with Crippen molar-refractivity contribution in [3.05, 3.63) is 36.0 Å². The fraction of sp³-hybridized carbons (Fsp3) is 0.455. The zero-order chi connectivity index (χ0) is 7.69. The molecule has 0 heteroatoms. The van der Waals surface area contributed by atoms with Gasteiger partial charge in [0.15, 0.2) is 0 Å². The van der Waals surface area contributed by atoms with Gasteiger partial charge < -0.3 is 0 Å². The number of hydrogen-bond acceptors (Lipinski definition) is 0. The Morgan fingerprint density at radius 3 is 3.09 bits per heavy atom. The average Bonchev–Trinajstić information content (AvgIpc) is 2.33. The van der Waals surface area contributed by atoms with Crippen LogP contribution in [0.2, 0.25) is 0 Å². The molecular weight excluding hydrogens is 132 g/mol. The van der Waals surface area contributed by atoms with Crippen molar-refractivity contribution in [2.45, 2.75) is 19.8 Å². The minimum absolute atomic E-state index is 0.462. The Labute approximate surface area is 67.3 Å². The van der Waals surface area contributed by atoms with Crippen molar-refractivity contribution in [1.82, 2.24) is 0 Å². The predicted molar refractivity (Wildman–Crippen MR) is 46.1 cm³/mol. The molecule has 0 aromatic carbocycles. The maximum absolute atomic E-state index is 4.11. The lowest BCUT2D eigenvalue weighted by molar-refractivity contribution is 0.529. The van der Waals surface area contributed by atoms with Crippen LogP contribution in [0.25, 0.3) is 0 Å². The molecule has 0 heterocycles.